The van der Waals surface area contributed by atoms with Crippen molar-refractivity contribution in [2.75, 3.05) is 13.7 Å². The number of para-hydroxylation sites is 1. The highest BCUT2D eigenvalue weighted by Gasteiger charge is 2.30. The highest BCUT2D eigenvalue weighted by Crippen LogP contribution is 2.29. The summed E-state index contributed by atoms with van der Waals surface area (Å²) in [6.45, 7) is -0.308. The summed E-state index contributed by atoms with van der Waals surface area (Å²) in [4.78, 5) is 23.1. The van der Waals surface area contributed by atoms with Crippen LogP contribution in [0.25, 0.3) is 0 Å². The molecule has 0 aliphatic carbocycles. The van der Waals surface area contributed by atoms with Gasteiger partial charge in [0, 0.05) is 11.1 Å². The lowest BCUT2D eigenvalue weighted by atomic mass is 10.1. The lowest BCUT2D eigenvalue weighted by Gasteiger charge is -2.08. The fraction of sp³-hybridized carbons (Fsp3) is 0.167. The van der Waals surface area contributed by atoms with E-state index in [2.05, 4.69) is 15.3 Å². The summed E-state index contributed by atoms with van der Waals surface area (Å²) in [5.41, 5.74) is 1.48. The van der Waals surface area contributed by atoms with Crippen LogP contribution in [-0.2, 0) is 15.7 Å². The maximum absolute atomic E-state index is 12.7. The van der Waals surface area contributed by atoms with Gasteiger partial charge in [0.2, 0.25) is 0 Å². The summed E-state index contributed by atoms with van der Waals surface area (Å²) in [5, 5.41) is 3.72. The third kappa shape index (κ3) is 5.84. The first-order valence-electron chi connectivity index (χ1n) is 7.60. The molecule has 2 aromatic rings. The second-order valence-electron chi connectivity index (χ2n) is 5.18. The molecule has 0 saturated heterocycles. The summed E-state index contributed by atoms with van der Waals surface area (Å²) in [5.74, 6) is -1.05. The Hall–Kier alpha value is -3.36. The maximum Gasteiger partial charge on any atom is 0.416 e. The lowest BCUT2D eigenvalue weighted by molar-refractivity contribution is -0.143. The average molecular weight is 380 g/mol. The first kappa shape index (κ1) is 20.0. The zero-order chi connectivity index (χ0) is 19.9. The van der Waals surface area contributed by atoms with E-state index in [0.29, 0.717) is 11.3 Å². The van der Waals surface area contributed by atoms with Crippen LogP contribution in [0.4, 0.5) is 13.2 Å². The van der Waals surface area contributed by atoms with Crippen molar-refractivity contribution in [3.05, 3.63) is 65.2 Å². The molecule has 6 nitrogen and oxygen atoms in total. The predicted octanol–water partition coefficient (Wildman–Crippen LogP) is 3.02. The van der Waals surface area contributed by atoms with Gasteiger partial charge in [0.05, 0.1) is 18.9 Å². The van der Waals surface area contributed by atoms with Gasteiger partial charge in [-0.2, -0.15) is 18.3 Å². The van der Waals surface area contributed by atoms with E-state index in [4.69, 9.17) is 4.74 Å². The minimum atomic E-state index is -4.55. The first-order valence-corrected chi connectivity index (χ1v) is 7.60. The van der Waals surface area contributed by atoms with Gasteiger partial charge in [-0.15, -0.1) is 0 Å². The second kappa shape index (κ2) is 8.84. The molecule has 0 atom stereocenters. The lowest BCUT2D eigenvalue weighted by Crippen LogP contribution is -2.18. The van der Waals surface area contributed by atoms with Crippen molar-refractivity contribution in [2.45, 2.75) is 6.18 Å². The number of methoxy groups -OCH3 is 1. The largest absolute Gasteiger partial charge is 0.481 e. The van der Waals surface area contributed by atoms with Crippen LogP contribution >= 0.6 is 0 Å². The number of carbonyl (C=O) groups is 2. The fourth-order valence-electron chi connectivity index (χ4n) is 1.98. The number of halogens is 3. The van der Waals surface area contributed by atoms with Crippen molar-refractivity contribution >= 4 is 18.1 Å². The van der Waals surface area contributed by atoms with E-state index in [1.54, 1.807) is 24.3 Å². The van der Waals surface area contributed by atoms with Crippen molar-refractivity contribution in [3.63, 3.8) is 0 Å². The average Bonchev–Trinajstić information content (AvgIpc) is 2.66. The molecule has 0 spiro atoms. The zero-order valence-electron chi connectivity index (χ0n) is 14.1. The van der Waals surface area contributed by atoms with Gasteiger partial charge >= 0.3 is 12.1 Å². The Balaban J connectivity index is 2.05. The summed E-state index contributed by atoms with van der Waals surface area (Å²) in [6.07, 6.45) is -3.30. The Bertz CT molecular complexity index is 850. The molecule has 0 heterocycles. The molecule has 0 aromatic heterocycles. The number of alkyl halides is 3. The number of esters is 1. The molecule has 0 saturated carbocycles. The molecule has 1 N–H and O–H groups in total. The minimum Gasteiger partial charge on any atom is -0.481 e. The molecule has 0 aliphatic rings. The van der Waals surface area contributed by atoms with E-state index in [-0.39, 0.29) is 12.2 Å². The standard InChI is InChI=1S/C18H15F3N2O4/c1-26-16(24)11-27-15-8-3-2-5-13(15)10-22-23-17(25)12-6-4-7-14(9-12)18(19,20)21/h2-10H,11H2,1H3,(H,23,25)/b22-10-. The van der Waals surface area contributed by atoms with Gasteiger partial charge in [0.25, 0.3) is 5.91 Å². The topological polar surface area (TPSA) is 77.0 Å². The van der Waals surface area contributed by atoms with Gasteiger partial charge in [-0.25, -0.2) is 10.2 Å². The monoisotopic (exact) mass is 380 g/mol. The fourth-order valence-corrected chi connectivity index (χ4v) is 1.98. The maximum atomic E-state index is 12.7. The third-order valence-electron chi connectivity index (χ3n) is 3.31. The van der Waals surface area contributed by atoms with Gasteiger partial charge in [-0.05, 0) is 30.3 Å². The molecule has 0 unspecified atom stereocenters. The Morgan fingerprint density at radius 1 is 1.15 bits per heavy atom. The number of ether oxygens (including phenoxy) is 2. The van der Waals surface area contributed by atoms with E-state index in [1.165, 1.54) is 19.4 Å². The molecule has 27 heavy (non-hydrogen) atoms. The van der Waals surface area contributed by atoms with Gasteiger partial charge in [0.15, 0.2) is 6.61 Å². The van der Waals surface area contributed by atoms with E-state index in [1.807, 2.05) is 0 Å². The summed E-state index contributed by atoms with van der Waals surface area (Å²) in [6, 6.07) is 10.5. The quantitative estimate of drug-likeness (QED) is 0.475. The predicted molar refractivity (Wildman–Crippen MR) is 90.5 cm³/mol. The van der Waals surface area contributed by atoms with Crippen LogP contribution in [0.2, 0.25) is 0 Å². The summed E-state index contributed by atoms with van der Waals surface area (Å²) < 4.78 is 47.8. The number of carbonyl (C=O) groups excluding carboxylic acids is 2. The number of nitrogens with zero attached hydrogens (tertiary/aromatic N) is 1. The highest BCUT2D eigenvalue weighted by molar-refractivity contribution is 5.95. The van der Waals surface area contributed by atoms with Crippen LogP contribution in [-0.4, -0.2) is 31.8 Å². The van der Waals surface area contributed by atoms with E-state index in [0.717, 1.165) is 18.2 Å². The van der Waals surface area contributed by atoms with Crippen molar-refractivity contribution in [1.29, 1.82) is 0 Å². The molecule has 1 amide bonds. The van der Waals surface area contributed by atoms with Gasteiger partial charge in [0.1, 0.15) is 5.75 Å². The van der Waals surface area contributed by atoms with Crippen LogP contribution in [0.5, 0.6) is 5.75 Å². The van der Waals surface area contributed by atoms with Gasteiger partial charge < -0.3 is 9.47 Å². The molecule has 142 valence electrons. The van der Waals surface area contributed by atoms with Gasteiger partial charge in [-0.3, -0.25) is 4.79 Å². The molecule has 9 heteroatoms. The highest BCUT2D eigenvalue weighted by atomic mass is 19.4. The Morgan fingerprint density at radius 2 is 1.89 bits per heavy atom. The van der Waals surface area contributed by atoms with Gasteiger partial charge in [-0.1, -0.05) is 18.2 Å². The second-order valence-corrected chi connectivity index (χ2v) is 5.18. The van der Waals surface area contributed by atoms with E-state index < -0.39 is 23.6 Å². The molecule has 2 rings (SSSR count). The van der Waals surface area contributed by atoms with E-state index >= 15 is 0 Å². The molecule has 2 aromatic carbocycles. The van der Waals surface area contributed by atoms with Crippen molar-refractivity contribution in [3.8, 4) is 5.75 Å². The van der Waals surface area contributed by atoms with Crippen LogP contribution < -0.4 is 10.2 Å². The Labute approximate surface area is 152 Å². The van der Waals surface area contributed by atoms with Crippen LogP contribution in [0.3, 0.4) is 0 Å². The smallest absolute Gasteiger partial charge is 0.416 e. The zero-order valence-corrected chi connectivity index (χ0v) is 14.1. The Kier molecular flexibility index (Phi) is 6.53. The number of benzene rings is 2. The SMILES string of the molecule is COC(=O)COc1ccccc1/C=N\NC(=O)c1cccc(C(F)(F)F)c1. The molecule has 0 bridgehead atoms. The normalized spacial score (nSPS) is 11.3. The summed E-state index contributed by atoms with van der Waals surface area (Å²) >= 11 is 0. The van der Waals surface area contributed by atoms with Crippen molar-refractivity contribution < 1.29 is 32.2 Å². The number of hydrogen-bond acceptors (Lipinski definition) is 5. The molecule has 0 fully saturated rings. The molecule has 0 radical (unpaired) electrons. The van der Waals surface area contributed by atoms with Crippen LogP contribution in [0, 0.1) is 0 Å². The number of hydrazone groups is 1. The van der Waals surface area contributed by atoms with Crippen molar-refractivity contribution in [2.24, 2.45) is 5.10 Å². The van der Waals surface area contributed by atoms with Crippen LogP contribution in [0.15, 0.2) is 53.6 Å². The summed E-state index contributed by atoms with van der Waals surface area (Å²) in [7, 11) is 1.22. The molecular weight excluding hydrogens is 365 g/mol. The third-order valence-corrected chi connectivity index (χ3v) is 3.31. The number of amides is 1. The molecular formula is C18H15F3N2O4. The minimum absolute atomic E-state index is 0.183. The number of nitrogens with one attached hydrogen (secondary N) is 1. The Morgan fingerprint density at radius 3 is 2.59 bits per heavy atom. The van der Waals surface area contributed by atoms with Crippen LogP contribution in [0.1, 0.15) is 21.5 Å². The molecule has 0 aliphatic heterocycles. The first-order chi connectivity index (χ1) is 12.8. The van der Waals surface area contributed by atoms with E-state index in [9.17, 15) is 22.8 Å². The van der Waals surface area contributed by atoms with Crippen molar-refractivity contribution in [1.82, 2.24) is 5.43 Å². The number of hydrogen-bond donors (Lipinski definition) is 1. The number of rotatable bonds is 6.